The topological polar surface area (TPSA) is 46.2 Å². The normalized spacial score (nSPS) is 23.0. The summed E-state index contributed by atoms with van der Waals surface area (Å²) in [5.41, 5.74) is 0. The van der Waals surface area contributed by atoms with Gasteiger partial charge in [0, 0.05) is 15.8 Å². The lowest BCUT2D eigenvalue weighted by atomic mass is 9.95. The fourth-order valence-electron chi connectivity index (χ4n) is 2.82. The van der Waals surface area contributed by atoms with Crippen LogP contribution in [-0.4, -0.2) is 32.5 Å². The summed E-state index contributed by atoms with van der Waals surface area (Å²) in [5, 5.41) is 3.57. The van der Waals surface area contributed by atoms with Crippen LogP contribution in [0.2, 0.25) is 0 Å². The third kappa shape index (κ3) is 4.30. The SMILES string of the molecule is CCCNC(Cc1ccc(CC)s1)C1CCS(=O)(=O)C1. The van der Waals surface area contributed by atoms with Gasteiger partial charge in [-0.1, -0.05) is 13.8 Å². The molecule has 2 rings (SSSR count). The van der Waals surface area contributed by atoms with Crippen LogP contribution in [0.3, 0.4) is 0 Å². The minimum atomic E-state index is -2.79. The highest BCUT2D eigenvalue weighted by molar-refractivity contribution is 7.91. The van der Waals surface area contributed by atoms with Crippen LogP contribution in [0.4, 0.5) is 0 Å². The monoisotopic (exact) mass is 315 g/mol. The summed E-state index contributed by atoms with van der Waals surface area (Å²) in [4.78, 5) is 2.79. The molecule has 2 unspecified atom stereocenters. The number of hydrogen-bond acceptors (Lipinski definition) is 4. The molecule has 1 saturated heterocycles. The Hall–Kier alpha value is -0.390. The summed E-state index contributed by atoms with van der Waals surface area (Å²) >= 11 is 1.86. The molecule has 0 spiro atoms. The molecule has 2 heterocycles. The summed E-state index contributed by atoms with van der Waals surface area (Å²) < 4.78 is 23.4. The first-order valence-corrected chi connectivity index (χ1v) is 10.2. The Balaban J connectivity index is 2.03. The number of sulfone groups is 1. The molecule has 114 valence electrons. The van der Waals surface area contributed by atoms with Crippen molar-refractivity contribution >= 4 is 21.2 Å². The molecule has 0 aromatic carbocycles. The summed E-state index contributed by atoms with van der Waals surface area (Å²) in [6, 6.07) is 4.70. The molecule has 0 bridgehead atoms. The third-order valence-electron chi connectivity index (χ3n) is 3.98. The van der Waals surface area contributed by atoms with Gasteiger partial charge in [0.1, 0.15) is 0 Å². The third-order valence-corrected chi connectivity index (χ3v) is 7.03. The first-order valence-electron chi connectivity index (χ1n) is 7.55. The molecule has 3 nitrogen and oxygen atoms in total. The zero-order valence-electron chi connectivity index (χ0n) is 12.4. The molecule has 1 aliphatic heterocycles. The van der Waals surface area contributed by atoms with Crippen molar-refractivity contribution in [3.05, 3.63) is 21.9 Å². The summed E-state index contributed by atoms with van der Waals surface area (Å²) in [7, 11) is -2.79. The van der Waals surface area contributed by atoms with Gasteiger partial charge in [0.05, 0.1) is 11.5 Å². The standard InChI is InChI=1S/C15H25NO2S2/c1-3-8-16-15(12-7-9-20(17,18)11-12)10-14-6-5-13(4-2)19-14/h5-6,12,15-16H,3-4,7-11H2,1-2H3. The highest BCUT2D eigenvalue weighted by Gasteiger charge is 2.33. The van der Waals surface area contributed by atoms with Crippen LogP contribution in [0.1, 0.15) is 36.4 Å². The number of thiophene rings is 1. The van der Waals surface area contributed by atoms with Gasteiger partial charge >= 0.3 is 0 Å². The number of rotatable bonds is 7. The Labute approximate surface area is 126 Å². The Bertz CT molecular complexity index is 522. The average Bonchev–Trinajstić information content (AvgIpc) is 3.00. The predicted octanol–water partition coefficient (Wildman–Crippen LogP) is 2.66. The maximum Gasteiger partial charge on any atom is 0.150 e. The smallest absolute Gasteiger partial charge is 0.150 e. The van der Waals surface area contributed by atoms with Crippen LogP contribution in [0.5, 0.6) is 0 Å². The fourth-order valence-corrected chi connectivity index (χ4v) is 5.71. The van der Waals surface area contributed by atoms with E-state index in [0.29, 0.717) is 17.5 Å². The summed E-state index contributed by atoms with van der Waals surface area (Å²) in [5.74, 6) is 1.01. The molecule has 0 aliphatic carbocycles. The molecule has 0 amide bonds. The van der Waals surface area contributed by atoms with Crippen molar-refractivity contribution in [3.63, 3.8) is 0 Å². The molecule has 1 N–H and O–H groups in total. The molecule has 20 heavy (non-hydrogen) atoms. The molecular formula is C15H25NO2S2. The van der Waals surface area contributed by atoms with Crippen molar-refractivity contribution in [2.45, 2.75) is 45.6 Å². The Morgan fingerprint density at radius 1 is 1.35 bits per heavy atom. The minimum absolute atomic E-state index is 0.277. The maximum absolute atomic E-state index is 11.7. The van der Waals surface area contributed by atoms with E-state index >= 15 is 0 Å². The highest BCUT2D eigenvalue weighted by Crippen LogP contribution is 2.26. The average molecular weight is 316 g/mol. The molecule has 0 radical (unpaired) electrons. The zero-order chi connectivity index (χ0) is 14.6. The van der Waals surface area contributed by atoms with Crippen molar-refractivity contribution in [1.29, 1.82) is 0 Å². The number of aryl methyl sites for hydroxylation is 1. The van der Waals surface area contributed by atoms with Crippen LogP contribution in [-0.2, 0) is 22.7 Å². The zero-order valence-corrected chi connectivity index (χ0v) is 14.0. The van der Waals surface area contributed by atoms with E-state index in [-0.39, 0.29) is 5.92 Å². The van der Waals surface area contributed by atoms with E-state index in [2.05, 4.69) is 31.3 Å². The minimum Gasteiger partial charge on any atom is -0.313 e. The van der Waals surface area contributed by atoms with E-state index in [0.717, 1.165) is 32.2 Å². The van der Waals surface area contributed by atoms with Gasteiger partial charge in [-0.3, -0.25) is 0 Å². The number of hydrogen-bond donors (Lipinski definition) is 1. The van der Waals surface area contributed by atoms with Crippen LogP contribution < -0.4 is 5.32 Å². The lowest BCUT2D eigenvalue weighted by Crippen LogP contribution is -2.39. The number of nitrogens with one attached hydrogen (secondary N) is 1. The van der Waals surface area contributed by atoms with E-state index in [1.807, 2.05) is 11.3 Å². The first-order chi connectivity index (χ1) is 9.54. The molecule has 2 atom stereocenters. The van der Waals surface area contributed by atoms with Crippen molar-refractivity contribution in [3.8, 4) is 0 Å². The molecule has 1 fully saturated rings. The van der Waals surface area contributed by atoms with Crippen LogP contribution in [0.15, 0.2) is 12.1 Å². The van der Waals surface area contributed by atoms with Crippen molar-refractivity contribution < 1.29 is 8.42 Å². The van der Waals surface area contributed by atoms with E-state index in [4.69, 9.17) is 0 Å². The first kappa shape index (κ1) is 16.0. The second-order valence-electron chi connectivity index (χ2n) is 5.65. The molecular weight excluding hydrogens is 290 g/mol. The van der Waals surface area contributed by atoms with E-state index in [9.17, 15) is 8.42 Å². The second-order valence-corrected chi connectivity index (χ2v) is 9.13. The van der Waals surface area contributed by atoms with Gasteiger partial charge in [-0.25, -0.2) is 8.42 Å². The van der Waals surface area contributed by atoms with E-state index in [1.165, 1.54) is 9.75 Å². The second kappa shape index (κ2) is 7.05. The van der Waals surface area contributed by atoms with Gasteiger partial charge in [0.25, 0.3) is 0 Å². The largest absolute Gasteiger partial charge is 0.313 e. The van der Waals surface area contributed by atoms with Crippen molar-refractivity contribution in [2.75, 3.05) is 18.1 Å². The fraction of sp³-hybridized carbons (Fsp3) is 0.733. The van der Waals surface area contributed by atoms with Gasteiger partial charge in [-0.15, -0.1) is 11.3 Å². The van der Waals surface area contributed by atoms with Crippen LogP contribution in [0, 0.1) is 5.92 Å². The highest BCUT2D eigenvalue weighted by atomic mass is 32.2. The molecule has 1 aliphatic rings. The molecule has 5 heteroatoms. The predicted molar refractivity (Wildman–Crippen MR) is 86.2 cm³/mol. The van der Waals surface area contributed by atoms with Crippen molar-refractivity contribution in [1.82, 2.24) is 5.32 Å². The Morgan fingerprint density at radius 3 is 2.65 bits per heavy atom. The molecule has 1 aromatic rings. The van der Waals surface area contributed by atoms with E-state index in [1.54, 1.807) is 0 Å². The quantitative estimate of drug-likeness (QED) is 0.841. The van der Waals surface area contributed by atoms with Crippen LogP contribution in [0.25, 0.3) is 0 Å². The van der Waals surface area contributed by atoms with Gasteiger partial charge in [0.2, 0.25) is 0 Å². The van der Waals surface area contributed by atoms with Gasteiger partial charge in [-0.2, -0.15) is 0 Å². The Kier molecular flexibility index (Phi) is 5.64. The maximum atomic E-state index is 11.7. The molecule has 0 saturated carbocycles. The summed E-state index contributed by atoms with van der Waals surface area (Å²) in [6.07, 6.45) is 3.94. The van der Waals surface area contributed by atoms with Gasteiger partial charge in [-0.05, 0) is 50.3 Å². The van der Waals surface area contributed by atoms with Crippen molar-refractivity contribution in [2.24, 2.45) is 5.92 Å². The Morgan fingerprint density at radius 2 is 2.10 bits per heavy atom. The van der Waals surface area contributed by atoms with Crippen LogP contribution >= 0.6 is 11.3 Å². The van der Waals surface area contributed by atoms with Gasteiger partial charge < -0.3 is 5.32 Å². The lowest BCUT2D eigenvalue weighted by Gasteiger charge is -2.23. The lowest BCUT2D eigenvalue weighted by molar-refractivity contribution is 0.381. The summed E-state index contributed by atoms with van der Waals surface area (Å²) in [6.45, 7) is 5.29. The van der Waals surface area contributed by atoms with Gasteiger partial charge in [0.15, 0.2) is 9.84 Å². The van der Waals surface area contributed by atoms with E-state index < -0.39 is 9.84 Å². The molecule has 1 aromatic heterocycles.